The highest BCUT2D eigenvalue weighted by Crippen LogP contribution is 2.27. The summed E-state index contributed by atoms with van der Waals surface area (Å²) in [6.45, 7) is 0. The third kappa shape index (κ3) is 3.51. The number of rotatable bonds is 4. The van der Waals surface area contributed by atoms with E-state index in [0.717, 1.165) is 28.2 Å². The molecule has 1 heterocycles. The first-order chi connectivity index (χ1) is 13.1. The van der Waals surface area contributed by atoms with E-state index in [1.54, 1.807) is 0 Å². The molecular weight excluding hydrogens is 357 g/mol. The minimum absolute atomic E-state index is 0.318. The highest BCUT2D eigenvalue weighted by atomic mass is 35.5. The van der Waals surface area contributed by atoms with Crippen molar-refractivity contribution in [3.05, 3.63) is 89.4 Å². The Balaban J connectivity index is 1.76. The lowest BCUT2D eigenvalue weighted by Gasteiger charge is -2.24. The summed E-state index contributed by atoms with van der Waals surface area (Å²) >= 11 is 6.05. The Bertz CT molecular complexity index is 943. The maximum Gasteiger partial charge on any atom is 0.550 e. The molecule has 0 unspecified atom stereocenters. The van der Waals surface area contributed by atoms with E-state index >= 15 is 0 Å². The summed E-state index contributed by atoms with van der Waals surface area (Å²) < 4.78 is 5.85. The van der Waals surface area contributed by atoms with Crippen LogP contribution in [-0.2, 0) is 4.76 Å². The van der Waals surface area contributed by atoms with Crippen LogP contribution in [0.3, 0.4) is 0 Å². The fourth-order valence-corrected chi connectivity index (χ4v) is 3.22. The van der Waals surface area contributed by atoms with Gasteiger partial charge in [0.15, 0.2) is 5.84 Å². The van der Waals surface area contributed by atoms with Crippen LogP contribution in [0.15, 0.2) is 84.0 Å². The number of benzene rings is 3. The van der Waals surface area contributed by atoms with Crippen LogP contribution in [0.5, 0.6) is 0 Å². The molecule has 0 bridgehead atoms. The van der Waals surface area contributed by atoms with Crippen LogP contribution in [0.4, 0.5) is 11.4 Å². The van der Waals surface area contributed by atoms with Gasteiger partial charge in [-0.1, -0.05) is 47.1 Å². The average molecular weight is 376 g/mol. The zero-order valence-electron chi connectivity index (χ0n) is 15.2. The Morgan fingerprint density at radius 1 is 0.889 bits per heavy atom. The molecular formula is C21H19BClN3O. The lowest BCUT2D eigenvalue weighted by molar-refractivity contribution is 0.367. The zero-order valence-corrected chi connectivity index (χ0v) is 16.0. The topological polar surface area (TPSA) is 28.1 Å². The maximum absolute atomic E-state index is 6.05. The van der Waals surface area contributed by atoms with Crippen LogP contribution < -0.4 is 15.2 Å². The van der Waals surface area contributed by atoms with Gasteiger partial charge >= 0.3 is 7.05 Å². The predicted molar refractivity (Wildman–Crippen MR) is 114 cm³/mol. The quantitative estimate of drug-likeness (QED) is 0.645. The molecule has 0 aliphatic carbocycles. The number of hydrogen-bond donors (Lipinski definition) is 0. The van der Waals surface area contributed by atoms with Crippen LogP contribution in [0.1, 0.15) is 5.56 Å². The summed E-state index contributed by atoms with van der Waals surface area (Å²) in [5, 5.41) is 5.09. The van der Waals surface area contributed by atoms with Crippen LogP contribution in [0, 0.1) is 0 Å². The van der Waals surface area contributed by atoms with E-state index in [2.05, 4.69) is 39.1 Å². The molecule has 0 atom stereocenters. The monoisotopic (exact) mass is 375 g/mol. The number of anilines is 2. The molecule has 3 aromatic carbocycles. The van der Waals surface area contributed by atoms with Gasteiger partial charge in [-0.3, -0.25) is 0 Å². The predicted octanol–water partition coefficient (Wildman–Crippen LogP) is 4.00. The molecule has 0 saturated carbocycles. The molecule has 27 heavy (non-hydrogen) atoms. The van der Waals surface area contributed by atoms with Crippen molar-refractivity contribution in [2.75, 3.05) is 23.8 Å². The Hall–Kier alpha value is -2.92. The van der Waals surface area contributed by atoms with Crippen molar-refractivity contribution in [3.8, 4) is 0 Å². The van der Waals surface area contributed by atoms with E-state index in [4.69, 9.17) is 16.4 Å². The lowest BCUT2D eigenvalue weighted by Crippen LogP contribution is -2.49. The first-order valence-electron chi connectivity index (χ1n) is 8.75. The third-order valence-electron chi connectivity index (χ3n) is 4.53. The minimum Gasteiger partial charge on any atom is -0.432 e. The Morgan fingerprint density at radius 2 is 1.56 bits per heavy atom. The standard InChI is InChI=1S/C21H19BClN3O/c1-25(2)19-12-14-20(15-13-19)26-21(16-8-10-18(23)11-9-16)24-27-22(26)17-6-4-3-5-7-17/h3-15H,1-2H3. The van der Waals surface area contributed by atoms with E-state index in [0.29, 0.717) is 5.02 Å². The van der Waals surface area contributed by atoms with Gasteiger partial charge in [-0.25, -0.2) is 0 Å². The molecule has 0 spiro atoms. The largest absolute Gasteiger partial charge is 0.550 e. The van der Waals surface area contributed by atoms with Crippen molar-refractivity contribution in [3.63, 3.8) is 0 Å². The summed E-state index contributed by atoms with van der Waals surface area (Å²) in [6, 6.07) is 26.1. The number of nitrogens with zero attached hydrogens (tertiary/aromatic N) is 3. The maximum atomic E-state index is 6.05. The second kappa shape index (κ2) is 7.37. The molecule has 134 valence electrons. The van der Waals surface area contributed by atoms with E-state index in [9.17, 15) is 0 Å². The summed E-state index contributed by atoms with van der Waals surface area (Å²) in [5.74, 6) is 0.762. The molecule has 1 aliphatic rings. The van der Waals surface area contributed by atoms with Crippen LogP contribution in [-0.4, -0.2) is 27.0 Å². The van der Waals surface area contributed by atoms with Gasteiger partial charge in [0.25, 0.3) is 0 Å². The first-order valence-corrected chi connectivity index (χ1v) is 9.12. The van der Waals surface area contributed by atoms with E-state index in [-0.39, 0.29) is 7.05 Å². The van der Waals surface area contributed by atoms with Crippen LogP contribution >= 0.6 is 11.6 Å². The molecule has 1 aliphatic heterocycles. The van der Waals surface area contributed by atoms with Gasteiger partial charge in [-0.05, 0) is 54.0 Å². The van der Waals surface area contributed by atoms with Crippen LogP contribution in [0.2, 0.25) is 5.02 Å². The molecule has 6 heteroatoms. The second-order valence-electron chi connectivity index (χ2n) is 6.57. The van der Waals surface area contributed by atoms with E-state index in [1.807, 2.05) is 68.7 Å². The third-order valence-corrected chi connectivity index (χ3v) is 4.79. The van der Waals surface area contributed by atoms with Crippen LogP contribution in [0.25, 0.3) is 0 Å². The van der Waals surface area contributed by atoms with Gasteiger partial charge in [0, 0.05) is 36.1 Å². The summed E-state index contributed by atoms with van der Waals surface area (Å²) in [5.41, 5.74) is 4.15. The van der Waals surface area contributed by atoms with E-state index < -0.39 is 0 Å². The summed E-state index contributed by atoms with van der Waals surface area (Å²) in [6.07, 6.45) is 0. The molecule has 0 saturated heterocycles. The van der Waals surface area contributed by atoms with Gasteiger partial charge < -0.3 is 14.5 Å². The minimum atomic E-state index is -0.318. The van der Waals surface area contributed by atoms with Crippen molar-refractivity contribution in [2.45, 2.75) is 0 Å². The van der Waals surface area contributed by atoms with Gasteiger partial charge in [0.05, 0.1) is 0 Å². The number of halogens is 1. The molecule has 4 rings (SSSR count). The smallest absolute Gasteiger partial charge is 0.432 e. The fourth-order valence-electron chi connectivity index (χ4n) is 3.09. The Morgan fingerprint density at radius 3 is 2.19 bits per heavy atom. The molecule has 0 amide bonds. The SMILES string of the molecule is CN(C)c1ccc(N2B(c3ccccc3)ON=C2c2ccc(Cl)cc2)cc1. The van der Waals surface area contributed by atoms with Gasteiger partial charge in [0.2, 0.25) is 0 Å². The van der Waals surface area contributed by atoms with Gasteiger partial charge in [-0.15, -0.1) is 0 Å². The lowest BCUT2D eigenvalue weighted by atomic mass is 9.71. The van der Waals surface area contributed by atoms with Crippen molar-refractivity contribution < 1.29 is 4.76 Å². The van der Waals surface area contributed by atoms with Crippen molar-refractivity contribution in [1.29, 1.82) is 0 Å². The number of oxime groups is 1. The van der Waals surface area contributed by atoms with E-state index in [1.165, 1.54) is 0 Å². The first kappa shape index (κ1) is 17.5. The zero-order chi connectivity index (χ0) is 18.8. The van der Waals surface area contributed by atoms with Crippen molar-refractivity contribution >= 4 is 41.3 Å². The summed E-state index contributed by atoms with van der Waals surface area (Å²) in [7, 11) is 3.74. The molecule has 0 fully saturated rings. The molecule has 0 radical (unpaired) electrons. The Kier molecular flexibility index (Phi) is 4.78. The average Bonchev–Trinajstić information content (AvgIpc) is 3.14. The normalized spacial score (nSPS) is 13.4. The van der Waals surface area contributed by atoms with Crippen molar-refractivity contribution in [2.24, 2.45) is 5.16 Å². The van der Waals surface area contributed by atoms with Gasteiger partial charge in [-0.2, -0.15) is 0 Å². The second-order valence-corrected chi connectivity index (χ2v) is 7.01. The summed E-state index contributed by atoms with van der Waals surface area (Å²) in [4.78, 5) is 4.19. The number of amidine groups is 1. The molecule has 0 aromatic heterocycles. The van der Waals surface area contributed by atoms with Crippen molar-refractivity contribution in [1.82, 2.24) is 0 Å². The highest BCUT2D eigenvalue weighted by molar-refractivity contribution is 6.76. The van der Waals surface area contributed by atoms with Gasteiger partial charge in [0.1, 0.15) is 0 Å². The fraction of sp³-hybridized carbons (Fsp3) is 0.0952. The highest BCUT2D eigenvalue weighted by Gasteiger charge is 2.39. The molecule has 0 N–H and O–H groups in total. The molecule has 4 nitrogen and oxygen atoms in total. The number of hydrogen-bond acceptors (Lipinski definition) is 4. The Labute approximate surface area is 164 Å². The molecule has 3 aromatic rings.